The Labute approximate surface area is 97.5 Å². The molecule has 1 aliphatic carbocycles. The number of aryl methyl sites for hydroxylation is 1. The normalized spacial score (nSPS) is 17.6. The Morgan fingerprint density at radius 3 is 2.94 bits per heavy atom. The SMILES string of the molecule is CCC(CNC1CC1)Cc1ncnn1CC. The molecule has 1 aromatic heterocycles. The molecule has 0 radical (unpaired) electrons. The van der Waals surface area contributed by atoms with Crippen molar-refractivity contribution in [3.63, 3.8) is 0 Å². The Morgan fingerprint density at radius 1 is 1.50 bits per heavy atom. The van der Waals surface area contributed by atoms with Gasteiger partial charge in [0, 0.05) is 19.0 Å². The van der Waals surface area contributed by atoms with Crippen LogP contribution in [0.25, 0.3) is 0 Å². The molecule has 1 aromatic rings. The van der Waals surface area contributed by atoms with Crippen LogP contribution >= 0.6 is 0 Å². The van der Waals surface area contributed by atoms with Gasteiger partial charge < -0.3 is 5.32 Å². The molecule has 0 aromatic carbocycles. The maximum Gasteiger partial charge on any atom is 0.138 e. The van der Waals surface area contributed by atoms with Crippen LogP contribution in [0.15, 0.2) is 6.33 Å². The van der Waals surface area contributed by atoms with E-state index < -0.39 is 0 Å². The Bertz CT molecular complexity index is 317. The number of hydrogen-bond acceptors (Lipinski definition) is 3. The first kappa shape index (κ1) is 11.6. The Kier molecular flexibility index (Phi) is 3.93. The molecular formula is C12H22N4. The van der Waals surface area contributed by atoms with Gasteiger partial charge >= 0.3 is 0 Å². The predicted octanol–water partition coefficient (Wildman–Crippen LogP) is 1.62. The van der Waals surface area contributed by atoms with E-state index in [1.54, 1.807) is 6.33 Å². The second-order valence-electron chi connectivity index (χ2n) is 4.65. The first-order valence-electron chi connectivity index (χ1n) is 6.43. The molecule has 1 fully saturated rings. The largest absolute Gasteiger partial charge is 0.314 e. The van der Waals surface area contributed by atoms with E-state index in [-0.39, 0.29) is 0 Å². The highest BCUT2D eigenvalue weighted by molar-refractivity contribution is 4.89. The van der Waals surface area contributed by atoms with Gasteiger partial charge in [0.05, 0.1) is 0 Å². The Morgan fingerprint density at radius 2 is 2.31 bits per heavy atom. The fourth-order valence-corrected chi connectivity index (χ4v) is 1.95. The molecular weight excluding hydrogens is 200 g/mol. The lowest BCUT2D eigenvalue weighted by molar-refractivity contribution is 0.437. The van der Waals surface area contributed by atoms with Gasteiger partial charge in [-0.25, -0.2) is 4.98 Å². The van der Waals surface area contributed by atoms with Crippen molar-refractivity contribution in [2.45, 2.75) is 52.1 Å². The molecule has 1 heterocycles. The highest BCUT2D eigenvalue weighted by atomic mass is 15.3. The van der Waals surface area contributed by atoms with E-state index in [4.69, 9.17) is 0 Å². The number of hydrogen-bond donors (Lipinski definition) is 1. The van der Waals surface area contributed by atoms with Crippen LogP contribution in [0, 0.1) is 5.92 Å². The standard InChI is InChI=1S/C12H22N4/c1-3-10(8-13-11-5-6-11)7-12-14-9-15-16(12)4-2/h9-11,13H,3-8H2,1-2H3. The molecule has 1 unspecified atom stereocenters. The topological polar surface area (TPSA) is 42.7 Å². The third kappa shape index (κ3) is 3.04. The third-order valence-corrected chi connectivity index (χ3v) is 3.32. The van der Waals surface area contributed by atoms with Crippen molar-refractivity contribution in [3.05, 3.63) is 12.2 Å². The van der Waals surface area contributed by atoms with Gasteiger partial charge in [-0.2, -0.15) is 5.10 Å². The number of rotatable bonds is 7. The molecule has 0 saturated heterocycles. The molecule has 1 atom stereocenters. The first-order chi connectivity index (χ1) is 7.83. The van der Waals surface area contributed by atoms with Crippen LogP contribution in [0.5, 0.6) is 0 Å². The summed E-state index contributed by atoms with van der Waals surface area (Å²) in [5.41, 5.74) is 0. The molecule has 1 saturated carbocycles. The summed E-state index contributed by atoms with van der Waals surface area (Å²) >= 11 is 0. The fraction of sp³-hybridized carbons (Fsp3) is 0.833. The molecule has 4 heteroatoms. The van der Waals surface area contributed by atoms with Gasteiger partial charge in [-0.1, -0.05) is 13.3 Å². The third-order valence-electron chi connectivity index (χ3n) is 3.32. The summed E-state index contributed by atoms with van der Waals surface area (Å²) in [6.07, 6.45) is 6.64. The number of aromatic nitrogens is 3. The van der Waals surface area contributed by atoms with Crippen LogP contribution in [-0.2, 0) is 13.0 Å². The van der Waals surface area contributed by atoms with E-state index in [9.17, 15) is 0 Å². The second-order valence-corrected chi connectivity index (χ2v) is 4.65. The van der Waals surface area contributed by atoms with Gasteiger partial charge in [0.2, 0.25) is 0 Å². The summed E-state index contributed by atoms with van der Waals surface area (Å²) in [7, 11) is 0. The number of nitrogens with zero attached hydrogens (tertiary/aromatic N) is 3. The first-order valence-corrected chi connectivity index (χ1v) is 6.43. The summed E-state index contributed by atoms with van der Waals surface area (Å²) < 4.78 is 2.00. The molecule has 1 aliphatic rings. The molecule has 2 rings (SSSR count). The van der Waals surface area contributed by atoms with E-state index >= 15 is 0 Å². The van der Waals surface area contributed by atoms with E-state index in [0.717, 1.165) is 31.4 Å². The average molecular weight is 222 g/mol. The lowest BCUT2D eigenvalue weighted by atomic mass is 10.0. The minimum Gasteiger partial charge on any atom is -0.314 e. The molecule has 0 spiro atoms. The summed E-state index contributed by atoms with van der Waals surface area (Å²) in [4.78, 5) is 4.34. The van der Waals surface area contributed by atoms with Crippen LogP contribution in [0.1, 0.15) is 38.9 Å². The van der Waals surface area contributed by atoms with E-state index in [1.807, 2.05) is 4.68 Å². The smallest absolute Gasteiger partial charge is 0.138 e. The number of nitrogens with one attached hydrogen (secondary N) is 1. The zero-order valence-corrected chi connectivity index (χ0v) is 10.3. The average Bonchev–Trinajstić information content (AvgIpc) is 3.03. The maximum absolute atomic E-state index is 4.34. The molecule has 16 heavy (non-hydrogen) atoms. The quantitative estimate of drug-likeness (QED) is 0.762. The van der Waals surface area contributed by atoms with Crippen LogP contribution in [0.2, 0.25) is 0 Å². The van der Waals surface area contributed by atoms with Gasteiger partial charge in [0.1, 0.15) is 12.2 Å². The van der Waals surface area contributed by atoms with E-state index in [1.165, 1.54) is 19.3 Å². The molecule has 1 N–H and O–H groups in total. The van der Waals surface area contributed by atoms with Crippen LogP contribution < -0.4 is 5.32 Å². The summed E-state index contributed by atoms with van der Waals surface area (Å²) in [6, 6.07) is 0.804. The lowest BCUT2D eigenvalue weighted by Crippen LogP contribution is -2.26. The molecule has 0 amide bonds. The lowest BCUT2D eigenvalue weighted by Gasteiger charge is -2.15. The summed E-state index contributed by atoms with van der Waals surface area (Å²) in [5, 5.41) is 7.81. The molecule has 0 aliphatic heterocycles. The minimum absolute atomic E-state index is 0.690. The van der Waals surface area contributed by atoms with Gasteiger partial charge in [-0.15, -0.1) is 0 Å². The summed E-state index contributed by atoms with van der Waals surface area (Å²) in [6.45, 7) is 6.41. The zero-order chi connectivity index (χ0) is 11.4. The minimum atomic E-state index is 0.690. The Balaban J connectivity index is 1.84. The van der Waals surface area contributed by atoms with Gasteiger partial charge in [-0.3, -0.25) is 4.68 Å². The van der Waals surface area contributed by atoms with E-state index in [0.29, 0.717) is 5.92 Å². The summed E-state index contributed by atoms with van der Waals surface area (Å²) in [5.74, 6) is 1.82. The van der Waals surface area contributed by atoms with Crippen molar-refractivity contribution in [2.24, 2.45) is 5.92 Å². The zero-order valence-electron chi connectivity index (χ0n) is 10.3. The van der Waals surface area contributed by atoms with Crippen LogP contribution in [0.3, 0.4) is 0 Å². The Hall–Kier alpha value is -0.900. The van der Waals surface area contributed by atoms with Crippen molar-refractivity contribution >= 4 is 0 Å². The highest BCUT2D eigenvalue weighted by Gasteiger charge is 2.22. The van der Waals surface area contributed by atoms with Gasteiger partial charge in [0.25, 0.3) is 0 Å². The van der Waals surface area contributed by atoms with Crippen molar-refractivity contribution in [1.29, 1.82) is 0 Å². The van der Waals surface area contributed by atoms with Crippen molar-refractivity contribution < 1.29 is 0 Å². The molecule has 4 nitrogen and oxygen atoms in total. The second kappa shape index (κ2) is 5.43. The van der Waals surface area contributed by atoms with Crippen molar-refractivity contribution in [1.82, 2.24) is 20.1 Å². The monoisotopic (exact) mass is 222 g/mol. The van der Waals surface area contributed by atoms with Gasteiger partial charge in [0.15, 0.2) is 0 Å². The van der Waals surface area contributed by atoms with Gasteiger partial charge in [-0.05, 0) is 32.2 Å². The van der Waals surface area contributed by atoms with Crippen molar-refractivity contribution in [2.75, 3.05) is 6.54 Å². The maximum atomic E-state index is 4.34. The van der Waals surface area contributed by atoms with Crippen LogP contribution in [0.4, 0.5) is 0 Å². The van der Waals surface area contributed by atoms with E-state index in [2.05, 4.69) is 29.2 Å². The predicted molar refractivity (Wildman–Crippen MR) is 64.2 cm³/mol. The molecule has 0 bridgehead atoms. The molecule has 90 valence electrons. The van der Waals surface area contributed by atoms with Crippen LogP contribution in [-0.4, -0.2) is 27.4 Å². The highest BCUT2D eigenvalue weighted by Crippen LogP contribution is 2.19. The van der Waals surface area contributed by atoms with Crippen molar-refractivity contribution in [3.8, 4) is 0 Å². The fourth-order valence-electron chi connectivity index (χ4n) is 1.95.